The van der Waals surface area contributed by atoms with E-state index in [4.69, 9.17) is 5.73 Å². The van der Waals surface area contributed by atoms with Crippen molar-refractivity contribution in [2.45, 2.75) is 18.6 Å². The number of nitrogens with two attached hydrogens (primary N) is 1. The van der Waals surface area contributed by atoms with Crippen LogP contribution in [-0.4, -0.2) is 35.9 Å². The molecule has 1 aromatic heterocycles. The van der Waals surface area contributed by atoms with Crippen molar-refractivity contribution in [3.8, 4) is 0 Å². The van der Waals surface area contributed by atoms with Crippen molar-refractivity contribution in [3.05, 3.63) is 12.5 Å². The lowest BCUT2D eigenvalue weighted by Crippen LogP contribution is -2.38. The van der Waals surface area contributed by atoms with Crippen LogP contribution in [0.1, 0.15) is 13.8 Å². The van der Waals surface area contributed by atoms with E-state index in [2.05, 4.69) is 15.3 Å². The van der Waals surface area contributed by atoms with Crippen LogP contribution in [0.2, 0.25) is 0 Å². The third-order valence-electron chi connectivity index (χ3n) is 2.43. The van der Waals surface area contributed by atoms with Gasteiger partial charge in [-0.15, -0.1) is 0 Å². The van der Waals surface area contributed by atoms with Crippen molar-refractivity contribution in [2.24, 2.45) is 0 Å². The Morgan fingerprint density at radius 2 is 2.12 bits per heavy atom. The maximum Gasteiger partial charge on any atom is 0.154 e. The van der Waals surface area contributed by atoms with Crippen LogP contribution in [0, 0.1) is 0 Å². The predicted octanol–water partition coefficient (Wildman–Crippen LogP) is 0.294. The summed E-state index contributed by atoms with van der Waals surface area (Å²) in [5.74, 6) is 0.451. The van der Waals surface area contributed by atoms with E-state index >= 15 is 0 Å². The number of hydrogen-bond acceptors (Lipinski definition) is 6. The molecule has 0 aromatic carbocycles. The van der Waals surface area contributed by atoms with Crippen LogP contribution in [0.4, 0.5) is 11.5 Å². The first kappa shape index (κ1) is 12.7. The Hall–Kier alpha value is -1.37. The van der Waals surface area contributed by atoms with Crippen molar-refractivity contribution in [1.82, 2.24) is 9.97 Å². The highest BCUT2D eigenvalue weighted by atomic mass is 32.2. The molecule has 0 atom stereocenters. The van der Waals surface area contributed by atoms with Crippen molar-refractivity contribution < 1.29 is 8.42 Å². The van der Waals surface area contributed by atoms with Crippen LogP contribution in [0.5, 0.6) is 0 Å². The summed E-state index contributed by atoms with van der Waals surface area (Å²) in [6.45, 7) is 3.53. The predicted molar refractivity (Wildman–Crippen MR) is 63.9 cm³/mol. The van der Waals surface area contributed by atoms with Gasteiger partial charge in [0.1, 0.15) is 6.33 Å². The molecule has 0 aliphatic rings. The van der Waals surface area contributed by atoms with Crippen LogP contribution in [0.3, 0.4) is 0 Å². The summed E-state index contributed by atoms with van der Waals surface area (Å²) < 4.78 is 22.0. The van der Waals surface area contributed by atoms with Gasteiger partial charge in [-0.25, -0.2) is 18.4 Å². The van der Waals surface area contributed by atoms with Gasteiger partial charge in [0.25, 0.3) is 0 Å². The highest BCUT2D eigenvalue weighted by Gasteiger charge is 2.30. The molecular formula is C9H16N4O2S. The summed E-state index contributed by atoms with van der Waals surface area (Å²) in [5, 5.41) is 2.90. The number of aromatic nitrogens is 2. The van der Waals surface area contributed by atoms with E-state index in [-0.39, 0.29) is 6.54 Å². The molecule has 0 amide bonds. The number of nitrogens with zero attached hydrogens (tertiary/aromatic N) is 2. The van der Waals surface area contributed by atoms with Gasteiger partial charge in [0.15, 0.2) is 15.7 Å². The van der Waals surface area contributed by atoms with Gasteiger partial charge in [0.2, 0.25) is 0 Å². The van der Waals surface area contributed by atoms with E-state index in [0.29, 0.717) is 11.5 Å². The molecule has 0 unspecified atom stereocenters. The number of sulfone groups is 1. The number of rotatable bonds is 4. The summed E-state index contributed by atoms with van der Waals surface area (Å²) >= 11 is 0. The number of nitrogens with one attached hydrogen (secondary N) is 1. The minimum atomic E-state index is -3.13. The highest BCUT2D eigenvalue weighted by Crippen LogP contribution is 2.18. The van der Waals surface area contributed by atoms with Crippen LogP contribution < -0.4 is 11.1 Å². The molecule has 0 bridgehead atoms. The lowest BCUT2D eigenvalue weighted by molar-refractivity contribution is 0.559. The van der Waals surface area contributed by atoms with Gasteiger partial charge in [0, 0.05) is 12.8 Å². The Labute approximate surface area is 95.2 Å². The van der Waals surface area contributed by atoms with E-state index in [1.807, 2.05) is 0 Å². The highest BCUT2D eigenvalue weighted by molar-refractivity contribution is 7.92. The van der Waals surface area contributed by atoms with E-state index in [1.54, 1.807) is 13.8 Å². The van der Waals surface area contributed by atoms with Gasteiger partial charge in [-0.2, -0.15) is 0 Å². The molecule has 0 aliphatic carbocycles. The SMILES string of the molecule is CC(C)(CNc1ncncc1N)S(C)(=O)=O. The molecule has 0 saturated heterocycles. The average molecular weight is 244 g/mol. The number of anilines is 2. The van der Waals surface area contributed by atoms with Crippen molar-refractivity contribution in [2.75, 3.05) is 23.9 Å². The van der Waals surface area contributed by atoms with Crippen molar-refractivity contribution >= 4 is 21.3 Å². The Morgan fingerprint density at radius 1 is 1.50 bits per heavy atom. The zero-order chi connectivity index (χ0) is 12.4. The zero-order valence-corrected chi connectivity index (χ0v) is 10.4. The van der Waals surface area contributed by atoms with Crippen LogP contribution in [0.25, 0.3) is 0 Å². The van der Waals surface area contributed by atoms with E-state index in [1.165, 1.54) is 18.8 Å². The second-order valence-electron chi connectivity index (χ2n) is 4.21. The second-order valence-corrected chi connectivity index (χ2v) is 6.86. The summed E-state index contributed by atoms with van der Waals surface area (Å²) in [4.78, 5) is 7.67. The Morgan fingerprint density at radius 3 is 2.62 bits per heavy atom. The smallest absolute Gasteiger partial charge is 0.154 e. The first-order valence-electron chi connectivity index (χ1n) is 4.73. The maximum absolute atomic E-state index is 11.5. The maximum atomic E-state index is 11.5. The minimum absolute atomic E-state index is 0.243. The molecule has 16 heavy (non-hydrogen) atoms. The third-order valence-corrected chi connectivity index (χ3v) is 4.58. The largest absolute Gasteiger partial charge is 0.394 e. The summed E-state index contributed by atoms with van der Waals surface area (Å²) in [6.07, 6.45) is 4.02. The molecule has 7 heteroatoms. The van der Waals surface area contributed by atoms with E-state index in [9.17, 15) is 8.42 Å². The van der Waals surface area contributed by atoms with Gasteiger partial charge >= 0.3 is 0 Å². The normalized spacial score (nSPS) is 12.4. The molecule has 0 saturated carbocycles. The number of hydrogen-bond donors (Lipinski definition) is 2. The first-order valence-corrected chi connectivity index (χ1v) is 6.62. The van der Waals surface area contributed by atoms with Crippen molar-refractivity contribution in [3.63, 3.8) is 0 Å². The molecule has 0 fully saturated rings. The topological polar surface area (TPSA) is 98.0 Å². The van der Waals surface area contributed by atoms with Gasteiger partial charge in [0.05, 0.1) is 16.6 Å². The Bertz CT molecular complexity index is 470. The molecule has 0 spiro atoms. The molecule has 0 radical (unpaired) electrons. The first-order chi connectivity index (χ1) is 7.24. The molecule has 1 aromatic rings. The molecular weight excluding hydrogens is 228 g/mol. The fourth-order valence-electron chi connectivity index (χ4n) is 0.916. The standard InChI is InChI=1S/C9H16N4O2S/c1-9(2,16(3,14)15)5-12-8-7(10)4-11-6-13-8/h4,6H,5,10H2,1-3H3,(H,11,12,13). The van der Waals surface area contributed by atoms with Gasteiger partial charge in [-0.1, -0.05) is 0 Å². The van der Waals surface area contributed by atoms with Gasteiger partial charge in [-0.05, 0) is 13.8 Å². The quantitative estimate of drug-likeness (QED) is 0.790. The molecule has 3 N–H and O–H groups in total. The van der Waals surface area contributed by atoms with E-state index in [0.717, 1.165) is 0 Å². The van der Waals surface area contributed by atoms with E-state index < -0.39 is 14.6 Å². The lowest BCUT2D eigenvalue weighted by atomic mass is 10.2. The van der Waals surface area contributed by atoms with Gasteiger partial charge < -0.3 is 11.1 Å². The minimum Gasteiger partial charge on any atom is -0.394 e. The fourth-order valence-corrected chi connectivity index (χ4v) is 1.25. The lowest BCUT2D eigenvalue weighted by Gasteiger charge is -2.23. The molecule has 1 heterocycles. The summed E-state index contributed by atoms with van der Waals surface area (Å²) in [7, 11) is -3.13. The van der Waals surface area contributed by atoms with Crippen molar-refractivity contribution in [1.29, 1.82) is 0 Å². The van der Waals surface area contributed by atoms with Crippen LogP contribution in [-0.2, 0) is 9.84 Å². The number of nitrogen functional groups attached to an aromatic ring is 1. The summed E-state index contributed by atoms with van der Waals surface area (Å²) in [5.41, 5.74) is 6.02. The Balaban J connectivity index is 2.77. The third kappa shape index (κ3) is 2.82. The fraction of sp³-hybridized carbons (Fsp3) is 0.556. The monoisotopic (exact) mass is 244 g/mol. The average Bonchev–Trinajstić information content (AvgIpc) is 2.15. The molecule has 0 aliphatic heterocycles. The zero-order valence-electron chi connectivity index (χ0n) is 9.56. The van der Waals surface area contributed by atoms with Crippen LogP contribution >= 0.6 is 0 Å². The van der Waals surface area contributed by atoms with Gasteiger partial charge in [-0.3, -0.25) is 0 Å². The second kappa shape index (κ2) is 4.25. The molecule has 90 valence electrons. The molecule has 6 nitrogen and oxygen atoms in total. The summed E-state index contributed by atoms with van der Waals surface area (Å²) in [6, 6.07) is 0. The van der Waals surface area contributed by atoms with Crippen LogP contribution in [0.15, 0.2) is 12.5 Å². The molecule has 1 rings (SSSR count). The Kier molecular flexibility index (Phi) is 3.37.